The number of carbonyl (C=O) groups is 2. The monoisotopic (exact) mass is 331 g/mol. The van der Waals surface area contributed by atoms with Crippen molar-refractivity contribution in [2.24, 2.45) is 0 Å². The van der Waals surface area contributed by atoms with Crippen molar-refractivity contribution in [3.8, 4) is 0 Å². The Hall–Kier alpha value is -2.05. The largest absolute Gasteiger partial charge is 0.416 e. The summed E-state index contributed by atoms with van der Waals surface area (Å²) in [5.74, 6) is -1.24. The fourth-order valence-electron chi connectivity index (χ4n) is 1.81. The number of carbonyl (C=O) groups excluding carboxylic acids is 2. The van der Waals surface area contributed by atoms with Crippen LogP contribution in [-0.4, -0.2) is 22.5 Å². The quantitative estimate of drug-likeness (QED) is 0.780. The van der Waals surface area contributed by atoms with E-state index in [0.29, 0.717) is 6.42 Å². The number of benzene rings is 1. The van der Waals surface area contributed by atoms with Crippen LogP contribution in [0.15, 0.2) is 24.3 Å². The van der Waals surface area contributed by atoms with Crippen LogP contribution < -0.4 is 0 Å². The van der Waals surface area contributed by atoms with Crippen molar-refractivity contribution in [1.82, 2.24) is 5.06 Å². The van der Waals surface area contributed by atoms with E-state index < -0.39 is 23.2 Å². The van der Waals surface area contributed by atoms with E-state index in [1.54, 1.807) is 20.8 Å². The summed E-state index contributed by atoms with van der Waals surface area (Å²) in [5.41, 5.74) is -1.67. The Morgan fingerprint density at radius 1 is 1.09 bits per heavy atom. The van der Waals surface area contributed by atoms with Crippen molar-refractivity contribution in [3.05, 3.63) is 35.4 Å². The van der Waals surface area contributed by atoms with E-state index in [0.717, 1.165) is 29.3 Å². The fraction of sp³-hybridized carbons (Fsp3) is 0.500. The molecule has 7 heteroatoms. The number of hydrogen-bond acceptors (Lipinski definition) is 3. The van der Waals surface area contributed by atoms with E-state index in [2.05, 4.69) is 0 Å². The van der Waals surface area contributed by atoms with Crippen molar-refractivity contribution in [2.75, 3.05) is 0 Å². The predicted octanol–water partition coefficient (Wildman–Crippen LogP) is 4.20. The second-order valence-corrected chi connectivity index (χ2v) is 6.06. The van der Waals surface area contributed by atoms with E-state index in [1.807, 2.05) is 6.92 Å². The molecule has 1 amide bonds. The highest BCUT2D eigenvalue weighted by molar-refractivity contribution is 5.90. The normalized spacial score (nSPS) is 12.0. The summed E-state index contributed by atoms with van der Waals surface area (Å²) in [7, 11) is 0. The molecular formula is C16H20F3NO3. The molecule has 0 atom stereocenters. The highest BCUT2D eigenvalue weighted by Crippen LogP contribution is 2.29. The zero-order valence-electron chi connectivity index (χ0n) is 13.5. The summed E-state index contributed by atoms with van der Waals surface area (Å²) in [6.07, 6.45) is -3.68. The summed E-state index contributed by atoms with van der Waals surface area (Å²) in [5, 5.41) is 0.969. The molecule has 4 nitrogen and oxygen atoms in total. The number of hydroxylamine groups is 2. The van der Waals surface area contributed by atoms with Crippen LogP contribution >= 0.6 is 0 Å². The lowest BCUT2D eigenvalue weighted by atomic mass is 10.1. The van der Waals surface area contributed by atoms with E-state index in [9.17, 15) is 22.8 Å². The van der Waals surface area contributed by atoms with Crippen LogP contribution in [0.25, 0.3) is 0 Å². The molecule has 0 aromatic heterocycles. The maximum atomic E-state index is 12.5. The standard InChI is InChI=1S/C16H20F3NO3/c1-5-6-13(21)20(15(2,3)4)23-14(22)11-7-9-12(10-8-11)16(17,18)19/h7-10H,5-6H2,1-4H3. The number of amides is 1. The fourth-order valence-corrected chi connectivity index (χ4v) is 1.81. The molecule has 0 saturated heterocycles. The lowest BCUT2D eigenvalue weighted by Crippen LogP contribution is -2.46. The van der Waals surface area contributed by atoms with Gasteiger partial charge in [0, 0.05) is 6.42 Å². The minimum absolute atomic E-state index is 0.0588. The van der Waals surface area contributed by atoms with Crippen LogP contribution in [0.2, 0.25) is 0 Å². The summed E-state index contributed by atoms with van der Waals surface area (Å²) >= 11 is 0. The Bertz CT molecular complexity index is 559. The van der Waals surface area contributed by atoms with E-state index in [4.69, 9.17) is 4.84 Å². The number of alkyl halides is 3. The van der Waals surface area contributed by atoms with Crippen molar-refractivity contribution in [1.29, 1.82) is 0 Å². The average Bonchev–Trinajstić information content (AvgIpc) is 2.42. The van der Waals surface area contributed by atoms with Gasteiger partial charge in [-0.05, 0) is 51.5 Å². The number of halogens is 3. The first-order valence-electron chi connectivity index (χ1n) is 7.19. The molecule has 0 aliphatic carbocycles. The zero-order chi connectivity index (χ0) is 17.8. The van der Waals surface area contributed by atoms with Crippen LogP contribution in [0, 0.1) is 0 Å². The number of nitrogens with zero attached hydrogens (tertiary/aromatic N) is 1. The van der Waals surface area contributed by atoms with Gasteiger partial charge in [-0.15, -0.1) is 0 Å². The highest BCUT2D eigenvalue weighted by Gasteiger charge is 2.32. The van der Waals surface area contributed by atoms with Gasteiger partial charge in [-0.1, -0.05) is 6.92 Å². The molecule has 0 fully saturated rings. The van der Waals surface area contributed by atoms with Crippen molar-refractivity contribution >= 4 is 11.9 Å². The average molecular weight is 331 g/mol. The van der Waals surface area contributed by atoms with Gasteiger partial charge in [0.2, 0.25) is 0 Å². The molecule has 0 N–H and O–H groups in total. The summed E-state index contributed by atoms with van der Waals surface area (Å²) in [6, 6.07) is 3.64. The summed E-state index contributed by atoms with van der Waals surface area (Å²) in [4.78, 5) is 29.2. The first-order valence-corrected chi connectivity index (χ1v) is 7.19. The van der Waals surface area contributed by atoms with Crippen LogP contribution in [0.3, 0.4) is 0 Å². The second-order valence-electron chi connectivity index (χ2n) is 6.06. The molecule has 0 unspecified atom stereocenters. The van der Waals surface area contributed by atoms with Crippen LogP contribution in [-0.2, 0) is 15.8 Å². The molecule has 1 aromatic rings. The van der Waals surface area contributed by atoms with Crippen molar-refractivity contribution < 1.29 is 27.6 Å². The van der Waals surface area contributed by atoms with Gasteiger partial charge < -0.3 is 4.84 Å². The van der Waals surface area contributed by atoms with Gasteiger partial charge in [-0.2, -0.15) is 18.2 Å². The lowest BCUT2D eigenvalue weighted by Gasteiger charge is -2.33. The zero-order valence-corrected chi connectivity index (χ0v) is 13.5. The SMILES string of the molecule is CCCC(=O)N(OC(=O)c1ccc(C(F)(F)F)cc1)C(C)(C)C. The van der Waals surface area contributed by atoms with Gasteiger partial charge in [-0.3, -0.25) is 4.79 Å². The molecular weight excluding hydrogens is 311 g/mol. The van der Waals surface area contributed by atoms with E-state index in [-0.39, 0.29) is 17.9 Å². The maximum Gasteiger partial charge on any atom is 0.416 e. The maximum absolute atomic E-state index is 12.5. The first-order chi connectivity index (χ1) is 10.5. The molecule has 1 aromatic carbocycles. The third-order valence-electron chi connectivity index (χ3n) is 2.92. The van der Waals surface area contributed by atoms with Crippen LogP contribution in [0.1, 0.15) is 56.5 Å². The van der Waals surface area contributed by atoms with Gasteiger partial charge in [0.05, 0.1) is 16.7 Å². The molecule has 0 heterocycles. The van der Waals surface area contributed by atoms with Crippen molar-refractivity contribution in [2.45, 2.75) is 52.3 Å². The smallest absolute Gasteiger partial charge is 0.332 e. The number of hydrogen-bond donors (Lipinski definition) is 0. The number of rotatable bonds is 3. The minimum Gasteiger partial charge on any atom is -0.332 e. The Labute approximate surface area is 133 Å². The molecule has 0 spiro atoms. The predicted molar refractivity (Wildman–Crippen MR) is 78.4 cm³/mol. The highest BCUT2D eigenvalue weighted by atomic mass is 19.4. The Balaban J connectivity index is 2.93. The van der Waals surface area contributed by atoms with Gasteiger partial charge >= 0.3 is 12.1 Å². The molecule has 0 radical (unpaired) electrons. The third kappa shape index (κ3) is 5.26. The van der Waals surface area contributed by atoms with Gasteiger partial charge in [0.15, 0.2) is 0 Å². The van der Waals surface area contributed by atoms with Crippen LogP contribution in [0.4, 0.5) is 13.2 Å². The molecule has 1 rings (SSSR count). The molecule has 0 aliphatic rings. The summed E-state index contributed by atoms with van der Waals surface area (Å²) in [6.45, 7) is 6.90. The van der Waals surface area contributed by atoms with Gasteiger partial charge in [-0.25, -0.2) is 4.79 Å². The molecule has 0 aliphatic heterocycles. The van der Waals surface area contributed by atoms with E-state index >= 15 is 0 Å². The van der Waals surface area contributed by atoms with Crippen LogP contribution in [0.5, 0.6) is 0 Å². The van der Waals surface area contributed by atoms with Gasteiger partial charge in [0.1, 0.15) is 0 Å². The lowest BCUT2D eigenvalue weighted by molar-refractivity contribution is -0.188. The topological polar surface area (TPSA) is 46.6 Å². The van der Waals surface area contributed by atoms with Gasteiger partial charge in [0.25, 0.3) is 5.91 Å². The Morgan fingerprint density at radius 3 is 2.00 bits per heavy atom. The first kappa shape index (κ1) is 19.0. The molecule has 0 saturated carbocycles. The Morgan fingerprint density at radius 2 is 1.61 bits per heavy atom. The molecule has 128 valence electrons. The summed E-state index contributed by atoms with van der Waals surface area (Å²) < 4.78 is 37.5. The minimum atomic E-state index is -4.48. The molecule has 23 heavy (non-hydrogen) atoms. The van der Waals surface area contributed by atoms with E-state index in [1.165, 1.54) is 0 Å². The third-order valence-corrected chi connectivity index (χ3v) is 2.92. The Kier molecular flexibility index (Phi) is 5.80. The molecule has 0 bridgehead atoms. The van der Waals surface area contributed by atoms with Crippen molar-refractivity contribution in [3.63, 3.8) is 0 Å². The second kappa shape index (κ2) is 7.02.